The Morgan fingerprint density at radius 2 is 1.21 bits per heavy atom. The summed E-state index contributed by atoms with van der Waals surface area (Å²) in [5, 5.41) is 9.95. The molecule has 43 heavy (non-hydrogen) atoms. The van der Waals surface area contributed by atoms with Crippen LogP contribution in [-0.2, 0) is 0 Å². The summed E-state index contributed by atoms with van der Waals surface area (Å²) in [5.74, 6) is 0. The molecule has 0 saturated heterocycles. The first kappa shape index (κ1) is 23.2. The third-order valence-corrected chi connectivity index (χ3v) is 10.1. The zero-order valence-corrected chi connectivity index (χ0v) is 23.9. The number of fused-ring (bicyclic) bond motifs is 11. The van der Waals surface area contributed by atoms with Crippen LogP contribution in [0.15, 0.2) is 144 Å². The molecule has 3 heteroatoms. The van der Waals surface area contributed by atoms with E-state index in [4.69, 9.17) is 4.42 Å². The van der Waals surface area contributed by atoms with Crippen LogP contribution in [0.3, 0.4) is 0 Å². The number of hydrogen-bond acceptors (Lipinski definition) is 2. The molecule has 10 rings (SSSR count). The summed E-state index contributed by atoms with van der Waals surface area (Å²) in [6, 6.07) is 50.5. The van der Waals surface area contributed by atoms with Crippen molar-refractivity contribution in [3.8, 4) is 16.8 Å². The van der Waals surface area contributed by atoms with E-state index in [1.54, 1.807) is 0 Å². The van der Waals surface area contributed by atoms with E-state index in [1.807, 2.05) is 23.5 Å². The molecule has 0 aliphatic carbocycles. The highest BCUT2D eigenvalue weighted by atomic mass is 32.1. The van der Waals surface area contributed by atoms with E-state index in [9.17, 15) is 0 Å². The summed E-state index contributed by atoms with van der Waals surface area (Å²) >= 11 is 1.88. The van der Waals surface area contributed by atoms with Gasteiger partial charge in [0.05, 0.1) is 16.7 Å². The van der Waals surface area contributed by atoms with Crippen molar-refractivity contribution in [1.29, 1.82) is 0 Å². The van der Waals surface area contributed by atoms with Crippen molar-refractivity contribution in [3.05, 3.63) is 140 Å². The minimum atomic E-state index is 0.919. The Labute approximate surface area is 250 Å². The van der Waals surface area contributed by atoms with Crippen molar-refractivity contribution in [2.75, 3.05) is 0 Å². The van der Waals surface area contributed by atoms with Crippen LogP contribution in [0, 0.1) is 0 Å². The van der Waals surface area contributed by atoms with Crippen molar-refractivity contribution in [1.82, 2.24) is 4.57 Å². The molecule has 10 aromatic rings. The number of para-hydroxylation sites is 2. The number of rotatable bonds is 2. The fraction of sp³-hybridized carbons (Fsp3) is 0. The van der Waals surface area contributed by atoms with E-state index in [0.717, 1.165) is 21.9 Å². The zero-order chi connectivity index (χ0) is 28.1. The van der Waals surface area contributed by atoms with Crippen LogP contribution in [0.5, 0.6) is 0 Å². The molecule has 0 amide bonds. The molecule has 0 saturated carbocycles. The average molecular weight is 566 g/mol. The maximum absolute atomic E-state index is 6.21. The molecule has 0 atom stereocenters. The smallest absolute Gasteiger partial charge is 0.135 e. The fourth-order valence-corrected chi connectivity index (χ4v) is 8.29. The summed E-state index contributed by atoms with van der Waals surface area (Å²) in [5.41, 5.74) is 7.97. The number of hydrogen-bond donors (Lipinski definition) is 0. The van der Waals surface area contributed by atoms with Gasteiger partial charge in [-0.05, 0) is 59.0 Å². The van der Waals surface area contributed by atoms with Gasteiger partial charge >= 0.3 is 0 Å². The average Bonchev–Trinajstić information content (AvgIpc) is 3.73. The maximum atomic E-state index is 6.21. The van der Waals surface area contributed by atoms with Crippen LogP contribution >= 0.6 is 11.3 Å². The summed E-state index contributed by atoms with van der Waals surface area (Å²) in [6.45, 7) is 0. The summed E-state index contributed by atoms with van der Waals surface area (Å²) in [6.07, 6.45) is 0. The van der Waals surface area contributed by atoms with Gasteiger partial charge in [-0.3, -0.25) is 0 Å². The Morgan fingerprint density at radius 1 is 0.488 bits per heavy atom. The molecule has 0 spiro atoms. The van der Waals surface area contributed by atoms with Gasteiger partial charge in [-0.2, -0.15) is 0 Å². The lowest BCUT2D eigenvalue weighted by molar-refractivity contribution is 0.669. The quantitative estimate of drug-likeness (QED) is 0.204. The van der Waals surface area contributed by atoms with Crippen molar-refractivity contribution in [2.45, 2.75) is 0 Å². The Hall–Kier alpha value is -5.38. The Balaban J connectivity index is 1.44. The van der Waals surface area contributed by atoms with Gasteiger partial charge in [0.1, 0.15) is 11.2 Å². The zero-order valence-electron chi connectivity index (χ0n) is 23.0. The number of furan rings is 1. The number of thiophene rings is 1. The van der Waals surface area contributed by atoms with E-state index < -0.39 is 0 Å². The SMILES string of the molecule is c1ccc2c(-n3c4ccccc4c4c(-c5ccc6oc7ccccc7c6c5)cc5sc6ccccc6c5c43)cccc2c1. The molecule has 2 nitrogen and oxygen atoms in total. The number of benzene rings is 7. The monoisotopic (exact) mass is 565 g/mol. The molecule has 0 unspecified atom stereocenters. The lowest BCUT2D eigenvalue weighted by atomic mass is 9.96. The van der Waals surface area contributed by atoms with Gasteiger partial charge in [0, 0.05) is 47.1 Å². The normalized spacial score (nSPS) is 12.2. The van der Waals surface area contributed by atoms with Crippen molar-refractivity contribution >= 4 is 86.0 Å². The summed E-state index contributed by atoms with van der Waals surface area (Å²) in [4.78, 5) is 0. The first-order valence-electron chi connectivity index (χ1n) is 14.6. The molecule has 0 aliphatic rings. The second-order valence-electron chi connectivity index (χ2n) is 11.3. The predicted octanol–water partition coefficient (Wildman–Crippen LogP) is 11.9. The summed E-state index contributed by atoms with van der Waals surface area (Å²) < 4.78 is 11.3. The van der Waals surface area contributed by atoms with Gasteiger partial charge in [0.2, 0.25) is 0 Å². The van der Waals surface area contributed by atoms with Gasteiger partial charge in [-0.15, -0.1) is 11.3 Å². The van der Waals surface area contributed by atoms with Crippen LogP contribution in [0.1, 0.15) is 0 Å². The van der Waals surface area contributed by atoms with E-state index in [1.165, 1.54) is 69.6 Å². The molecule has 0 bridgehead atoms. The fourth-order valence-electron chi connectivity index (χ4n) is 7.14. The minimum absolute atomic E-state index is 0.919. The Bertz CT molecular complexity index is 2730. The molecule has 0 radical (unpaired) electrons. The molecule has 3 heterocycles. The van der Waals surface area contributed by atoms with Gasteiger partial charge in [-0.1, -0.05) is 97.1 Å². The minimum Gasteiger partial charge on any atom is -0.456 e. The third kappa shape index (κ3) is 3.17. The highest BCUT2D eigenvalue weighted by molar-refractivity contribution is 7.26. The van der Waals surface area contributed by atoms with E-state index in [-0.39, 0.29) is 0 Å². The van der Waals surface area contributed by atoms with Crippen molar-refractivity contribution in [3.63, 3.8) is 0 Å². The lowest BCUT2D eigenvalue weighted by Gasteiger charge is -2.13. The molecule has 0 N–H and O–H groups in total. The van der Waals surface area contributed by atoms with Gasteiger partial charge in [0.25, 0.3) is 0 Å². The van der Waals surface area contributed by atoms with Crippen molar-refractivity contribution < 1.29 is 4.42 Å². The number of aromatic nitrogens is 1. The van der Waals surface area contributed by atoms with E-state index in [0.29, 0.717) is 0 Å². The van der Waals surface area contributed by atoms with Crippen LogP contribution in [0.4, 0.5) is 0 Å². The van der Waals surface area contributed by atoms with Gasteiger partial charge < -0.3 is 8.98 Å². The van der Waals surface area contributed by atoms with Crippen molar-refractivity contribution in [2.24, 2.45) is 0 Å². The van der Waals surface area contributed by atoms with Crippen LogP contribution in [-0.4, -0.2) is 4.57 Å². The first-order chi connectivity index (χ1) is 21.3. The lowest BCUT2D eigenvalue weighted by Crippen LogP contribution is -1.96. The topological polar surface area (TPSA) is 18.1 Å². The standard InChI is InChI=1S/C40H23NOS/c1-2-12-26-24(10-1)11-9-17-32(26)41-33-16-6-3-14-28(33)38-30(23-37-39(40(38)41)29-15-5-8-19-36(29)43-37)25-20-21-35-31(22-25)27-13-4-7-18-34(27)42-35/h1-23H. The first-order valence-corrected chi connectivity index (χ1v) is 15.4. The molecular weight excluding hydrogens is 543 g/mol. The second-order valence-corrected chi connectivity index (χ2v) is 12.4. The molecular formula is C40H23NOS. The predicted molar refractivity (Wildman–Crippen MR) is 184 cm³/mol. The molecule has 200 valence electrons. The highest BCUT2D eigenvalue weighted by Gasteiger charge is 2.23. The van der Waals surface area contributed by atoms with E-state index in [2.05, 4.69) is 132 Å². The summed E-state index contributed by atoms with van der Waals surface area (Å²) in [7, 11) is 0. The molecule has 3 aromatic heterocycles. The second kappa shape index (κ2) is 8.57. The van der Waals surface area contributed by atoms with Gasteiger partial charge in [-0.25, -0.2) is 0 Å². The maximum Gasteiger partial charge on any atom is 0.135 e. The third-order valence-electron chi connectivity index (χ3n) is 8.97. The molecule has 0 fully saturated rings. The molecule has 7 aromatic carbocycles. The van der Waals surface area contributed by atoms with Gasteiger partial charge in [0.15, 0.2) is 0 Å². The van der Waals surface area contributed by atoms with Crippen LogP contribution in [0.2, 0.25) is 0 Å². The van der Waals surface area contributed by atoms with Crippen LogP contribution < -0.4 is 0 Å². The number of nitrogens with zero attached hydrogens (tertiary/aromatic N) is 1. The Kier molecular flexibility index (Phi) is 4.63. The molecule has 0 aliphatic heterocycles. The Morgan fingerprint density at radius 3 is 2.14 bits per heavy atom. The largest absolute Gasteiger partial charge is 0.456 e. The van der Waals surface area contributed by atoms with Crippen LogP contribution in [0.25, 0.3) is 91.5 Å². The van der Waals surface area contributed by atoms with E-state index >= 15 is 0 Å². The highest BCUT2D eigenvalue weighted by Crippen LogP contribution is 2.48.